The normalized spacial score (nSPS) is 57.7. The number of hydrogen-bond donors (Lipinski definition) is 0. The molecule has 5 fully saturated rings. The molecule has 102 valence electrons. The minimum absolute atomic E-state index is 0.425. The van der Waals surface area contributed by atoms with Crippen molar-refractivity contribution in [2.75, 3.05) is 7.05 Å². The number of nitrogens with zero attached hydrogens (tertiary/aromatic N) is 1. The minimum Gasteiger partial charge on any atom is -0.298 e. The molecule has 4 aliphatic carbocycles. The van der Waals surface area contributed by atoms with E-state index in [0.717, 1.165) is 29.7 Å². The molecule has 0 aromatic carbocycles. The van der Waals surface area contributed by atoms with E-state index in [1.807, 2.05) is 0 Å². The summed E-state index contributed by atoms with van der Waals surface area (Å²) >= 11 is 0. The predicted molar refractivity (Wildman–Crippen MR) is 75.4 cm³/mol. The van der Waals surface area contributed by atoms with Gasteiger partial charge in [0, 0.05) is 11.6 Å². The highest BCUT2D eigenvalue weighted by Crippen LogP contribution is 2.68. The maximum Gasteiger partial charge on any atom is 0.0159 e. The summed E-state index contributed by atoms with van der Waals surface area (Å²) in [6.45, 7) is 7.49. The highest BCUT2D eigenvalue weighted by molar-refractivity contribution is 5.16. The molecule has 4 bridgehead atoms. The lowest BCUT2D eigenvalue weighted by atomic mass is 9.43. The van der Waals surface area contributed by atoms with Crippen molar-refractivity contribution in [1.82, 2.24) is 4.90 Å². The van der Waals surface area contributed by atoms with Gasteiger partial charge in [0.05, 0.1) is 0 Å². The fourth-order valence-corrected chi connectivity index (χ4v) is 6.94. The van der Waals surface area contributed by atoms with Crippen LogP contribution in [0.1, 0.15) is 59.3 Å². The first-order valence-electron chi connectivity index (χ1n) is 8.16. The van der Waals surface area contributed by atoms with Gasteiger partial charge in [0.25, 0.3) is 0 Å². The topological polar surface area (TPSA) is 3.24 Å². The van der Waals surface area contributed by atoms with Gasteiger partial charge in [-0.2, -0.15) is 0 Å². The summed E-state index contributed by atoms with van der Waals surface area (Å²) in [6, 6.07) is 0.808. The summed E-state index contributed by atoms with van der Waals surface area (Å²) in [7, 11) is 2.38. The molecule has 1 spiro atoms. The van der Waals surface area contributed by atoms with E-state index in [1.54, 1.807) is 32.1 Å². The van der Waals surface area contributed by atoms with E-state index in [1.165, 1.54) is 6.42 Å². The Bertz CT molecular complexity index is 342. The molecule has 0 aromatic heterocycles. The van der Waals surface area contributed by atoms with Crippen LogP contribution in [0.5, 0.6) is 0 Å². The Morgan fingerprint density at radius 3 is 1.78 bits per heavy atom. The zero-order valence-electron chi connectivity index (χ0n) is 12.6. The lowest BCUT2D eigenvalue weighted by Crippen LogP contribution is -2.56. The van der Waals surface area contributed by atoms with E-state index >= 15 is 0 Å². The summed E-state index contributed by atoms with van der Waals surface area (Å²) in [5, 5.41) is 0. The van der Waals surface area contributed by atoms with Gasteiger partial charge >= 0.3 is 0 Å². The van der Waals surface area contributed by atoms with Gasteiger partial charge in [-0.05, 0) is 95.4 Å². The zero-order chi connectivity index (χ0) is 12.7. The molecule has 1 saturated heterocycles. The van der Waals surface area contributed by atoms with Crippen molar-refractivity contribution >= 4 is 0 Å². The van der Waals surface area contributed by atoms with Crippen molar-refractivity contribution in [1.29, 1.82) is 0 Å². The Labute approximate surface area is 112 Å². The van der Waals surface area contributed by atoms with Crippen LogP contribution in [0.15, 0.2) is 0 Å². The Morgan fingerprint density at radius 2 is 1.39 bits per heavy atom. The Morgan fingerprint density at radius 1 is 0.889 bits per heavy atom. The minimum atomic E-state index is 0.425. The number of hydrogen-bond acceptors (Lipinski definition) is 1. The van der Waals surface area contributed by atoms with Crippen LogP contribution in [0.4, 0.5) is 0 Å². The average Bonchev–Trinajstić information content (AvgIpc) is 2.47. The summed E-state index contributed by atoms with van der Waals surface area (Å²) in [5.74, 6) is 4.35. The first kappa shape index (κ1) is 11.8. The van der Waals surface area contributed by atoms with Crippen molar-refractivity contribution in [2.45, 2.75) is 70.9 Å². The maximum absolute atomic E-state index is 2.70. The van der Waals surface area contributed by atoms with Gasteiger partial charge in [0.15, 0.2) is 0 Å². The predicted octanol–water partition coefficient (Wildman–Crippen LogP) is 3.93. The largest absolute Gasteiger partial charge is 0.298 e. The Hall–Kier alpha value is -0.0400. The van der Waals surface area contributed by atoms with Gasteiger partial charge in [-0.25, -0.2) is 0 Å². The molecule has 1 heteroatoms. The number of likely N-dealkylation sites (tertiary alicyclic amines) is 1. The fraction of sp³-hybridized carbons (Fsp3) is 1.00. The van der Waals surface area contributed by atoms with E-state index in [4.69, 9.17) is 0 Å². The lowest BCUT2D eigenvalue weighted by Gasteiger charge is -2.62. The van der Waals surface area contributed by atoms with Gasteiger partial charge in [0.1, 0.15) is 0 Å². The van der Waals surface area contributed by atoms with Crippen LogP contribution >= 0.6 is 0 Å². The van der Waals surface area contributed by atoms with E-state index in [9.17, 15) is 0 Å². The molecule has 0 N–H and O–H groups in total. The number of rotatable bonds is 0. The van der Waals surface area contributed by atoms with Gasteiger partial charge in [-0.3, -0.25) is 4.90 Å². The second-order valence-corrected chi connectivity index (χ2v) is 8.69. The van der Waals surface area contributed by atoms with Crippen molar-refractivity contribution < 1.29 is 0 Å². The highest BCUT2D eigenvalue weighted by Gasteiger charge is 2.64. The highest BCUT2D eigenvalue weighted by atomic mass is 15.2. The van der Waals surface area contributed by atoms with Crippen molar-refractivity contribution in [2.24, 2.45) is 29.1 Å². The molecule has 4 saturated carbocycles. The molecular formula is C17H29N. The Kier molecular flexibility index (Phi) is 2.18. The van der Waals surface area contributed by atoms with E-state index in [2.05, 4.69) is 32.7 Å². The van der Waals surface area contributed by atoms with Crippen LogP contribution in [0.25, 0.3) is 0 Å². The monoisotopic (exact) mass is 247 g/mol. The van der Waals surface area contributed by atoms with E-state index in [-0.39, 0.29) is 0 Å². The standard InChI is InChI=1S/C17H29N/c1-11-17(10-16(2,3)18(11)4)14-6-12-5-13(8-14)9-15(17)7-12/h11-15H,5-10H2,1-4H3. The molecule has 1 aliphatic heterocycles. The van der Waals surface area contributed by atoms with Crippen LogP contribution in [0, 0.1) is 29.1 Å². The average molecular weight is 247 g/mol. The summed E-state index contributed by atoms with van der Waals surface area (Å²) < 4.78 is 0. The van der Waals surface area contributed by atoms with Gasteiger partial charge < -0.3 is 0 Å². The van der Waals surface area contributed by atoms with Crippen LogP contribution in [0.3, 0.4) is 0 Å². The molecular weight excluding hydrogens is 218 g/mol. The third kappa shape index (κ3) is 1.23. The Balaban J connectivity index is 1.76. The smallest absolute Gasteiger partial charge is 0.0159 e. The summed E-state index contributed by atoms with van der Waals surface area (Å²) in [5.41, 5.74) is 1.11. The maximum atomic E-state index is 2.70. The molecule has 0 amide bonds. The summed E-state index contributed by atoms with van der Waals surface area (Å²) in [4.78, 5) is 2.70. The lowest BCUT2D eigenvalue weighted by molar-refractivity contribution is -0.119. The SMILES string of the molecule is CC1N(C)C(C)(C)CC12C1CC3CC(C1)CC2C3. The van der Waals surface area contributed by atoms with Crippen LogP contribution in [-0.2, 0) is 0 Å². The third-order valence-electron chi connectivity index (χ3n) is 7.71. The van der Waals surface area contributed by atoms with Gasteiger partial charge in [0.2, 0.25) is 0 Å². The first-order chi connectivity index (χ1) is 8.43. The van der Waals surface area contributed by atoms with Crippen LogP contribution in [0.2, 0.25) is 0 Å². The zero-order valence-corrected chi connectivity index (χ0v) is 12.6. The molecule has 5 rings (SSSR count). The van der Waals surface area contributed by atoms with Crippen molar-refractivity contribution in [3.05, 3.63) is 0 Å². The molecule has 1 unspecified atom stereocenters. The molecule has 5 aliphatic rings. The quantitative estimate of drug-likeness (QED) is 0.627. The van der Waals surface area contributed by atoms with Gasteiger partial charge in [-0.15, -0.1) is 0 Å². The van der Waals surface area contributed by atoms with Gasteiger partial charge in [-0.1, -0.05) is 0 Å². The second kappa shape index (κ2) is 3.34. The fourth-order valence-electron chi connectivity index (χ4n) is 6.94. The molecule has 1 atom stereocenters. The van der Waals surface area contributed by atoms with E-state index in [0.29, 0.717) is 11.0 Å². The molecule has 0 aromatic rings. The van der Waals surface area contributed by atoms with E-state index < -0.39 is 0 Å². The van der Waals surface area contributed by atoms with Crippen LogP contribution in [-0.4, -0.2) is 23.5 Å². The molecule has 1 heterocycles. The van der Waals surface area contributed by atoms with Crippen molar-refractivity contribution in [3.8, 4) is 0 Å². The summed E-state index contributed by atoms with van der Waals surface area (Å²) in [6.07, 6.45) is 9.33. The van der Waals surface area contributed by atoms with Crippen molar-refractivity contribution in [3.63, 3.8) is 0 Å². The second-order valence-electron chi connectivity index (χ2n) is 8.69. The molecule has 18 heavy (non-hydrogen) atoms. The van der Waals surface area contributed by atoms with Crippen LogP contribution < -0.4 is 0 Å². The molecule has 1 nitrogen and oxygen atoms in total. The molecule has 0 radical (unpaired) electrons. The first-order valence-corrected chi connectivity index (χ1v) is 8.16. The third-order valence-corrected chi connectivity index (χ3v) is 7.71.